The third kappa shape index (κ3) is 6.16. The maximum Gasteiger partial charge on any atom is 0.227 e. The minimum absolute atomic E-state index is 0.0120. The van der Waals surface area contributed by atoms with E-state index in [4.69, 9.17) is 14.2 Å². The summed E-state index contributed by atoms with van der Waals surface area (Å²) in [6, 6.07) is 9.74. The molecule has 1 N–H and O–H groups in total. The number of fused-ring (bicyclic) bond motifs is 1. The van der Waals surface area contributed by atoms with E-state index in [9.17, 15) is 9.18 Å². The molecule has 202 valence electrons. The Hall–Kier alpha value is -3.43. The minimum Gasteiger partial charge on any atom is -0.493 e. The molecule has 1 unspecified atom stereocenters. The quantitative estimate of drug-likeness (QED) is 0.384. The van der Waals surface area contributed by atoms with Gasteiger partial charge in [0.1, 0.15) is 5.75 Å². The molecule has 1 saturated heterocycles. The number of pyridine rings is 1. The molecule has 8 nitrogen and oxygen atoms in total. The van der Waals surface area contributed by atoms with Crippen LogP contribution in [0.15, 0.2) is 42.6 Å². The van der Waals surface area contributed by atoms with Crippen molar-refractivity contribution in [2.75, 3.05) is 58.8 Å². The number of aromatic nitrogens is 1. The summed E-state index contributed by atoms with van der Waals surface area (Å²) in [7, 11) is 3.74. The van der Waals surface area contributed by atoms with E-state index in [-0.39, 0.29) is 17.6 Å². The van der Waals surface area contributed by atoms with E-state index in [0.717, 1.165) is 45.6 Å². The molecule has 0 bridgehead atoms. The van der Waals surface area contributed by atoms with Crippen molar-refractivity contribution in [3.8, 4) is 23.0 Å². The summed E-state index contributed by atoms with van der Waals surface area (Å²) in [5.41, 5.74) is 1.06. The second-order valence-corrected chi connectivity index (χ2v) is 10.2. The molecule has 0 radical (unpaired) electrons. The molecular formula is C29H35FN4O4. The predicted octanol–water partition coefficient (Wildman–Crippen LogP) is 4.79. The Balaban J connectivity index is 1.25. The van der Waals surface area contributed by atoms with E-state index in [1.807, 2.05) is 13.0 Å². The molecule has 0 spiro atoms. The molecule has 1 amide bonds. The lowest BCUT2D eigenvalue weighted by atomic mass is 10.1. The van der Waals surface area contributed by atoms with Crippen molar-refractivity contribution >= 4 is 22.5 Å². The van der Waals surface area contributed by atoms with Crippen LogP contribution in [0.25, 0.3) is 10.9 Å². The summed E-state index contributed by atoms with van der Waals surface area (Å²) in [5, 5.41) is 3.45. The fourth-order valence-electron chi connectivity index (χ4n) is 4.73. The number of anilines is 1. The van der Waals surface area contributed by atoms with Crippen LogP contribution in [0.3, 0.4) is 0 Å². The van der Waals surface area contributed by atoms with Crippen molar-refractivity contribution in [1.82, 2.24) is 14.8 Å². The lowest BCUT2D eigenvalue weighted by molar-refractivity contribution is -0.117. The highest BCUT2D eigenvalue weighted by Gasteiger charge is 2.39. The molecule has 1 aromatic heterocycles. The largest absolute Gasteiger partial charge is 0.493 e. The second-order valence-electron chi connectivity index (χ2n) is 10.2. The number of hydrogen-bond donors (Lipinski definition) is 1. The van der Waals surface area contributed by atoms with Gasteiger partial charge in [0, 0.05) is 68.0 Å². The van der Waals surface area contributed by atoms with Gasteiger partial charge in [-0.1, -0.05) is 6.92 Å². The van der Waals surface area contributed by atoms with Crippen LogP contribution in [0.1, 0.15) is 19.8 Å². The van der Waals surface area contributed by atoms with Gasteiger partial charge in [0.25, 0.3) is 0 Å². The first-order chi connectivity index (χ1) is 18.4. The number of benzene rings is 2. The Morgan fingerprint density at radius 2 is 1.87 bits per heavy atom. The maximum atomic E-state index is 14.9. The van der Waals surface area contributed by atoms with Crippen molar-refractivity contribution in [3.05, 3.63) is 48.4 Å². The number of hydrogen-bond acceptors (Lipinski definition) is 7. The lowest BCUT2D eigenvalue weighted by Gasteiger charge is -2.32. The van der Waals surface area contributed by atoms with Crippen molar-refractivity contribution < 1.29 is 23.4 Å². The Morgan fingerprint density at radius 1 is 1.08 bits per heavy atom. The van der Waals surface area contributed by atoms with Gasteiger partial charge in [-0.3, -0.25) is 9.78 Å². The Bertz CT molecular complexity index is 1300. The summed E-state index contributed by atoms with van der Waals surface area (Å²) in [6.07, 6.45) is 3.40. The van der Waals surface area contributed by atoms with Gasteiger partial charge < -0.3 is 29.3 Å². The molecule has 2 aromatic carbocycles. The van der Waals surface area contributed by atoms with Gasteiger partial charge in [-0.25, -0.2) is 4.39 Å². The number of methoxy groups -OCH3 is 1. The number of rotatable bonds is 10. The molecule has 9 heteroatoms. The number of nitrogens with one attached hydrogen (secondary N) is 1. The van der Waals surface area contributed by atoms with Crippen molar-refractivity contribution in [3.63, 3.8) is 0 Å². The molecule has 1 aliphatic heterocycles. The number of nitrogens with zero attached hydrogens (tertiary/aromatic N) is 3. The predicted molar refractivity (Wildman–Crippen MR) is 145 cm³/mol. The van der Waals surface area contributed by atoms with E-state index >= 15 is 0 Å². The van der Waals surface area contributed by atoms with Crippen LogP contribution in [0.4, 0.5) is 10.1 Å². The van der Waals surface area contributed by atoms with Gasteiger partial charge in [0.2, 0.25) is 5.91 Å². The number of amides is 1. The minimum atomic E-state index is -0.566. The van der Waals surface area contributed by atoms with E-state index < -0.39 is 5.82 Å². The normalized spacial score (nSPS) is 19.8. The first kappa shape index (κ1) is 26.2. The zero-order valence-electron chi connectivity index (χ0n) is 22.2. The first-order valence-corrected chi connectivity index (χ1v) is 13.2. The number of ether oxygens (including phenoxy) is 3. The fraction of sp³-hybridized carbons (Fsp3) is 0.448. The summed E-state index contributed by atoms with van der Waals surface area (Å²) >= 11 is 0. The summed E-state index contributed by atoms with van der Waals surface area (Å²) in [5.74, 6) is 1.42. The lowest BCUT2D eigenvalue weighted by Crippen LogP contribution is -2.44. The first-order valence-electron chi connectivity index (χ1n) is 13.2. The number of carbonyl (C=O) groups is 1. The van der Waals surface area contributed by atoms with Gasteiger partial charge in [0.15, 0.2) is 23.1 Å². The SMILES string of the molecule is COc1cc2c(Oc3ccc(NC(=O)C4C[C@H]4C)cc3F)ccnc2cc1OCCCN1CCN(C)CC1. The standard InChI is InChI=1S/C29H35FN4O4/c1-19-15-21(19)29(35)32-20-5-6-26(23(30)16-20)38-25-7-8-31-24-18-28(27(36-3)17-22(24)25)37-14-4-9-34-12-10-33(2)11-13-34/h5-8,16-19,21H,4,9-15H2,1-3H3,(H,32,35)/t19-,21?/m1/s1. The van der Waals surface area contributed by atoms with Crippen molar-refractivity contribution in [2.45, 2.75) is 19.8 Å². The van der Waals surface area contributed by atoms with Gasteiger partial charge in [0.05, 0.1) is 19.2 Å². The molecule has 1 saturated carbocycles. The van der Waals surface area contributed by atoms with Crippen LogP contribution in [-0.2, 0) is 4.79 Å². The number of carbonyl (C=O) groups excluding carboxylic acids is 1. The number of piperazine rings is 1. The summed E-state index contributed by atoms with van der Waals surface area (Å²) in [6.45, 7) is 7.95. The Morgan fingerprint density at radius 3 is 2.58 bits per heavy atom. The maximum absolute atomic E-state index is 14.9. The van der Waals surface area contributed by atoms with E-state index in [2.05, 4.69) is 27.1 Å². The monoisotopic (exact) mass is 522 g/mol. The van der Waals surface area contributed by atoms with E-state index in [1.54, 1.807) is 31.5 Å². The average Bonchev–Trinajstić information content (AvgIpc) is 3.65. The highest BCUT2D eigenvalue weighted by Crippen LogP contribution is 2.40. The average molecular weight is 523 g/mol. The molecule has 5 rings (SSSR count). The smallest absolute Gasteiger partial charge is 0.227 e. The molecular weight excluding hydrogens is 487 g/mol. The van der Waals surface area contributed by atoms with Crippen LogP contribution < -0.4 is 19.5 Å². The van der Waals surface area contributed by atoms with Crippen LogP contribution in [-0.4, -0.2) is 74.2 Å². The van der Waals surface area contributed by atoms with Gasteiger partial charge in [-0.05, 0) is 50.1 Å². The molecule has 2 fully saturated rings. The number of likely N-dealkylation sites (N-methyl/N-ethyl adjacent to an activating group) is 1. The van der Waals surface area contributed by atoms with Crippen molar-refractivity contribution in [1.29, 1.82) is 0 Å². The van der Waals surface area contributed by atoms with Crippen LogP contribution >= 0.6 is 0 Å². The zero-order chi connectivity index (χ0) is 26.6. The molecule has 2 aliphatic rings. The van der Waals surface area contributed by atoms with Crippen LogP contribution in [0.2, 0.25) is 0 Å². The third-order valence-corrected chi connectivity index (χ3v) is 7.32. The Labute approximate surface area is 222 Å². The summed E-state index contributed by atoms with van der Waals surface area (Å²) < 4.78 is 32.5. The van der Waals surface area contributed by atoms with Crippen molar-refractivity contribution in [2.24, 2.45) is 11.8 Å². The molecule has 3 aromatic rings. The molecule has 2 heterocycles. The van der Waals surface area contributed by atoms with E-state index in [1.165, 1.54) is 12.1 Å². The topological polar surface area (TPSA) is 76.2 Å². The van der Waals surface area contributed by atoms with Gasteiger partial charge in [-0.15, -0.1) is 0 Å². The third-order valence-electron chi connectivity index (χ3n) is 7.32. The van der Waals surface area contributed by atoms with Gasteiger partial charge >= 0.3 is 0 Å². The number of halogens is 1. The molecule has 38 heavy (non-hydrogen) atoms. The Kier molecular flexibility index (Phi) is 7.95. The van der Waals surface area contributed by atoms with Crippen LogP contribution in [0.5, 0.6) is 23.0 Å². The van der Waals surface area contributed by atoms with Gasteiger partial charge in [-0.2, -0.15) is 0 Å². The van der Waals surface area contributed by atoms with Crippen LogP contribution in [0, 0.1) is 17.7 Å². The molecule has 1 aliphatic carbocycles. The fourth-order valence-corrected chi connectivity index (χ4v) is 4.73. The second kappa shape index (κ2) is 11.5. The molecule has 2 atom stereocenters. The van der Waals surface area contributed by atoms with E-state index in [0.29, 0.717) is 46.4 Å². The highest BCUT2D eigenvalue weighted by molar-refractivity contribution is 5.94. The zero-order valence-corrected chi connectivity index (χ0v) is 22.2. The summed E-state index contributed by atoms with van der Waals surface area (Å²) in [4.78, 5) is 21.4. The highest BCUT2D eigenvalue weighted by atomic mass is 19.1.